The Morgan fingerprint density at radius 3 is 2.70 bits per heavy atom. The molecule has 4 rings (SSSR count). The fourth-order valence-corrected chi connectivity index (χ4v) is 4.35. The van der Waals surface area contributed by atoms with Gasteiger partial charge in [-0.1, -0.05) is 42.5 Å². The molecule has 0 unspecified atom stereocenters. The highest BCUT2D eigenvalue weighted by Gasteiger charge is 2.21. The first kappa shape index (κ1) is 22.8. The van der Waals surface area contributed by atoms with Crippen molar-refractivity contribution in [1.82, 2.24) is 4.90 Å². The van der Waals surface area contributed by atoms with E-state index in [-0.39, 0.29) is 11.5 Å². The molecular weight excluding hydrogens is 484 g/mol. The molecule has 168 valence electrons. The molecule has 0 aliphatic carbocycles. The Labute approximate surface area is 201 Å². The zero-order chi connectivity index (χ0) is 23.2. The van der Waals surface area contributed by atoms with Gasteiger partial charge in [-0.2, -0.15) is 5.26 Å². The number of amides is 1. The van der Waals surface area contributed by atoms with Gasteiger partial charge in [0.05, 0.1) is 24.8 Å². The molecule has 1 fully saturated rings. The molecule has 0 saturated carbocycles. The number of carbonyl (C=O) groups excluding carboxylic acids is 1. The van der Waals surface area contributed by atoms with E-state index in [0.29, 0.717) is 54.4 Å². The van der Waals surface area contributed by atoms with Crippen molar-refractivity contribution < 1.29 is 19.0 Å². The Morgan fingerprint density at radius 2 is 1.94 bits per heavy atom. The maximum atomic E-state index is 12.7. The summed E-state index contributed by atoms with van der Waals surface area (Å²) >= 11 is 3.56. The van der Waals surface area contributed by atoms with E-state index in [4.69, 9.17) is 14.2 Å². The zero-order valence-electron chi connectivity index (χ0n) is 18.2. The Kier molecular flexibility index (Phi) is 7.28. The SMILES string of the molecule is COc1cc(/C=C(\C#N)C(=O)N2CCOCC2)cc(Br)c1OCc1cccc2ccccc12. The van der Waals surface area contributed by atoms with Crippen LogP contribution in [0.3, 0.4) is 0 Å². The number of hydrogen-bond acceptors (Lipinski definition) is 5. The van der Waals surface area contributed by atoms with Crippen LogP contribution in [0.2, 0.25) is 0 Å². The van der Waals surface area contributed by atoms with Gasteiger partial charge in [0, 0.05) is 13.1 Å². The Morgan fingerprint density at radius 1 is 1.18 bits per heavy atom. The summed E-state index contributed by atoms with van der Waals surface area (Å²) in [7, 11) is 1.56. The first-order valence-electron chi connectivity index (χ1n) is 10.6. The van der Waals surface area contributed by atoms with Crippen LogP contribution in [0, 0.1) is 11.3 Å². The minimum Gasteiger partial charge on any atom is -0.493 e. The summed E-state index contributed by atoms with van der Waals surface area (Å²) in [5.41, 5.74) is 1.79. The van der Waals surface area contributed by atoms with Gasteiger partial charge in [-0.3, -0.25) is 4.79 Å². The predicted octanol–water partition coefficient (Wildman–Crippen LogP) is 4.96. The minimum atomic E-state index is -0.299. The molecule has 0 aromatic heterocycles. The molecule has 0 atom stereocenters. The molecule has 1 saturated heterocycles. The number of hydrogen-bond donors (Lipinski definition) is 0. The highest BCUT2D eigenvalue weighted by Crippen LogP contribution is 2.38. The Bertz CT molecular complexity index is 1240. The quantitative estimate of drug-likeness (QED) is 0.349. The standard InChI is InChI=1S/C26H23BrN2O4/c1-31-24-15-18(13-21(16-28)26(30)29-9-11-32-12-10-29)14-23(27)25(24)33-17-20-7-4-6-19-5-2-3-8-22(19)20/h2-8,13-15H,9-12,17H2,1H3/b21-13+. The maximum absolute atomic E-state index is 12.7. The number of ether oxygens (including phenoxy) is 3. The van der Waals surface area contributed by atoms with E-state index in [0.717, 1.165) is 16.3 Å². The van der Waals surface area contributed by atoms with Crippen LogP contribution in [-0.4, -0.2) is 44.2 Å². The van der Waals surface area contributed by atoms with E-state index < -0.39 is 0 Å². The van der Waals surface area contributed by atoms with Gasteiger partial charge in [-0.05, 0) is 56.0 Å². The van der Waals surface area contributed by atoms with Crippen LogP contribution in [0.1, 0.15) is 11.1 Å². The van der Waals surface area contributed by atoms with Crippen LogP contribution in [0.5, 0.6) is 11.5 Å². The second-order valence-corrected chi connectivity index (χ2v) is 8.39. The van der Waals surface area contributed by atoms with E-state index >= 15 is 0 Å². The number of morpholine rings is 1. The Balaban J connectivity index is 1.58. The minimum absolute atomic E-state index is 0.0651. The summed E-state index contributed by atoms with van der Waals surface area (Å²) in [6.45, 7) is 2.28. The van der Waals surface area contributed by atoms with Crippen LogP contribution >= 0.6 is 15.9 Å². The fourth-order valence-electron chi connectivity index (χ4n) is 3.78. The smallest absolute Gasteiger partial charge is 0.264 e. The van der Waals surface area contributed by atoms with Crippen molar-refractivity contribution in [3.05, 3.63) is 75.8 Å². The van der Waals surface area contributed by atoms with Crippen LogP contribution in [-0.2, 0) is 16.1 Å². The molecule has 1 amide bonds. The number of fused-ring (bicyclic) bond motifs is 1. The maximum Gasteiger partial charge on any atom is 0.264 e. The number of nitriles is 1. The third-order valence-electron chi connectivity index (χ3n) is 5.46. The molecule has 1 aliphatic rings. The van der Waals surface area contributed by atoms with Gasteiger partial charge < -0.3 is 19.1 Å². The summed E-state index contributed by atoms with van der Waals surface area (Å²) in [6, 6.07) is 19.9. The van der Waals surface area contributed by atoms with E-state index in [1.807, 2.05) is 36.4 Å². The first-order chi connectivity index (χ1) is 16.1. The number of halogens is 1. The second kappa shape index (κ2) is 10.5. The van der Waals surface area contributed by atoms with E-state index in [2.05, 4.69) is 34.1 Å². The average Bonchev–Trinajstić information content (AvgIpc) is 2.86. The van der Waals surface area contributed by atoms with Crippen molar-refractivity contribution >= 4 is 38.7 Å². The molecule has 0 spiro atoms. The zero-order valence-corrected chi connectivity index (χ0v) is 19.8. The number of benzene rings is 3. The number of carbonyl (C=O) groups is 1. The van der Waals surface area contributed by atoms with Crippen LogP contribution < -0.4 is 9.47 Å². The molecule has 3 aromatic carbocycles. The average molecular weight is 507 g/mol. The second-order valence-electron chi connectivity index (χ2n) is 7.54. The van der Waals surface area contributed by atoms with Gasteiger partial charge in [0.1, 0.15) is 18.2 Å². The van der Waals surface area contributed by atoms with Crippen molar-refractivity contribution in [3.8, 4) is 17.6 Å². The fraction of sp³-hybridized carbons (Fsp3) is 0.231. The molecule has 7 heteroatoms. The van der Waals surface area contributed by atoms with E-state index in [9.17, 15) is 10.1 Å². The van der Waals surface area contributed by atoms with Gasteiger partial charge >= 0.3 is 0 Å². The van der Waals surface area contributed by atoms with Gasteiger partial charge in [0.25, 0.3) is 5.91 Å². The molecule has 1 heterocycles. The van der Waals surface area contributed by atoms with Crippen LogP contribution in [0.25, 0.3) is 16.8 Å². The molecule has 6 nitrogen and oxygen atoms in total. The molecule has 0 N–H and O–H groups in total. The Hall–Kier alpha value is -3.34. The van der Waals surface area contributed by atoms with Crippen molar-refractivity contribution in [3.63, 3.8) is 0 Å². The number of methoxy groups -OCH3 is 1. The van der Waals surface area contributed by atoms with E-state index in [1.54, 1.807) is 24.2 Å². The molecule has 0 radical (unpaired) electrons. The van der Waals surface area contributed by atoms with Crippen LogP contribution in [0.4, 0.5) is 0 Å². The molecule has 0 bridgehead atoms. The topological polar surface area (TPSA) is 71.8 Å². The predicted molar refractivity (Wildman–Crippen MR) is 130 cm³/mol. The molecular formula is C26H23BrN2O4. The summed E-state index contributed by atoms with van der Waals surface area (Å²) in [5, 5.41) is 11.9. The lowest BCUT2D eigenvalue weighted by Crippen LogP contribution is -2.41. The highest BCUT2D eigenvalue weighted by atomic mass is 79.9. The van der Waals surface area contributed by atoms with Gasteiger partial charge in [-0.15, -0.1) is 0 Å². The van der Waals surface area contributed by atoms with Gasteiger partial charge in [0.2, 0.25) is 0 Å². The lowest BCUT2D eigenvalue weighted by molar-refractivity contribution is -0.130. The van der Waals surface area contributed by atoms with Crippen LogP contribution in [0.15, 0.2) is 64.6 Å². The van der Waals surface area contributed by atoms with Gasteiger partial charge in [-0.25, -0.2) is 0 Å². The lowest BCUT2D eigenvalue weighted by atomic mass is 10.1. The molecule has 1 aliphatic heterocycles. The summed E-state index contributed by atoms with van der Waals surface area (Å²) in [5.74, 6) is 0.764. The number of nitrogens with zero attached hydrogens (tertiary/aromatic N) is 2. The third kappa shape index (κ3) is 5.19. The third-order valence-corrected chi connectivity index (χ3v) is 6.05. The lowest BCUT2D eigenvalue weighted by Gasteiger charge is -2.26. The summed E-state index contributed by atoms with van der Waals surface area (Å²) < 4.78 is 17.6. The van der Waals surface area contributed by atoms with E-state index in [1.165, 1.54) is 0 Å². The number of rotatable bonds is 6. The molecule has 3 aromatic rings. The monoisotopic (exact) mass is 506 g/mol. The van der Waals surface area contributed by atoms with Crippen molar-refractivity contribution in [1.29, 1.82) is 5.26 Å². The normalized spacial score (nSPS) is 14.1. The van der Waals surface area contributed by atoms with Crippen molar-refractivity contribution in [2.24, 2.45) is 0 Å². The summed E-state index contributed by atoms with van der Waals surface area (Å²) in [4.78, 5) is 14.3. The summed E-state index contributed by atoms with van der Waals surface area (Å²) in [6.07, 6.45) is 1.57. The highest BCUT2D eigenvalue weighted by molar-refractivity contribution is 9.10. The largest absolute Gasteiger partial charge is 0.493 e. The van der Waals surface area contributed by atoms with Crippen molar-refractivity contribution in [2.75, 3.05) is 33.4 Å². The molecule has 33 heavy (non-hydrogen) atoms. The van der Waals surface area contributed by atoms with Gasteiger partial charge in [0.15, 0.2) is 11.5 Å². The van der Waals surface area contributed by atoms with Crippen molar-refractivity contribution in [2.45, 2.75) is 6.61 Å². The first-order valence-corrected chi connectivity index (χ1v) is 11.4.